The largest absolute Gasteiger partial charge is 0.486 e. The molecule has 3 aromatic rings. The highest BCUT2D eigenvalue weighted by Gasteiger charge is 2.46. The lowest BCUT2D eigenvalue weighted by Gasteiger charge is -2.40. The normalized spacial score (nSPS) is 21.0. The Morgan fingerprint density at radius 1 is 1.30 bits per heavy atom. The van der Waals surface area contributed by atoms with Crippen LogP contribution < -0.4 is 20.3 Å². The summed E-state index contributed by atoms with van der Waals surface area (Å²) in [5, 5.41) is 3.23. The van der Waals surface area contributed by atoms with Crippen molar-refractivity contribution < 1.29 is 23.0 Å². The SMILES string of the molecule is C[C@@H](C(=O)Nc1nc2cc3c(cc2s1)OCCO3)N1CCC(F)(F)[C@H](c2ccc(=O)[nH]c2)C1. The van der Waals surface area contributed by atoms with Crippen LogP contribution in [0.1, 0.15) is 24.8 Å². The topological polar surface area (TPSA) is 96.6 Å². The van der Waals surface area contributed by atoms with E-state index in [1.54, 1.807) is 17.9 Å². The zero-order valence-electron chi connectivity index (χ0n) is 17.8. The number of fused-ring (bicyclic) bond motifs is 2. The predicted molar refractivity (Wildman–Crippen MR) is 120 cm³/mol. The number of alkyl halides is 2. The van der Waals surface area contributed by atoms with Crippen LogP contribution in [0, 0.1) is 0 Å². The molecule has 2 aromatic heterocycles. The maximum Gasteiger partial charge on any atom is 0.257 e. The third-order valence-electron chi connectivity index (χ3n) is 6.08. The van der Waals surface area contributed by atoms with Crippen molar-refractivity contribution in [3.05, 3.63) is 46.4 Å². The number of nitrogens with one attached hydrogen (secondary N) is 2. The van der Waals surface area contributed by atoms with E-state index in [1.807, 2.05) is 6.07 Å². The lowest BCUT2D eigenvalue weighted by molar-refractivity contribution is -0.125. The van der Waals surface area contributed by atoms with E-state index < -0.39 is 17.9 Å². The third kappa shape index (κ3) is 4.30. The summed E-state index contributed by atoms with van der Waals surface area (Å²) in [5.41, 5.74) is 0.678. The van der Waals surface area contributed by atoms with Gasteiger partial charge in [0.25, 0.3) is 5.92 Å². The second-order valence-corrected chi connectivity index (χ2v) is 9.22. The van der Waals surface area contributed by atoms with Gasteiger partial charge in [0.2, 0.25) is 11.5 Å². The second-order valence-electron chi connectivity index (χ2n) is 8.19. The molecule has 0 unspecified atom stereocenters. The number of hydrogen-bond donors (Lipinski definition) is 2. The average molecular weight is 477 g/mol. The van der Waals surface area contributed by atoms with Crippen molar-refractivity contribution in [1.29, 1.82) is 0 Å². The molecule has 33 heavy (non-hydrogen) atoms. The number of ether oxygens (including phenoxy) is 2. The molecule has 11 heteroatoms. The van der Waals surface area contributed by atoms with E-state index in [1.165, 1.54) is 29.7 Å². The molecule has 174 valence electrons. The number of rotatable bonds is 4. The number of aromatic nitrogens is 2. The lowest BCUT2D eigenvalue weighted by atomic mass is 9.87. The van der Waals surface area contributed by atoms with E-state index in [-0.39, 0.29) is 31.0 Å². The van der Waals surface area contributed by atoms with Gasteiger partial charge in [0, 0.05) is 43.9 Å². The van der Waals surface area contributed by atoms with Gasteiger partial charge in [-0.1, -0.05) is 17.4 Å². The van der Waals surface area contributed by atoms with E-state index in [0.29, 0.717) is 40.9 Å². The van der Waals surface area contributed by atoms with Crippen molar-refractivity contribution in [3.8, 4) is 11.5 Å². The van der Waals surface area contributed by atoms with Gasteiger partial charge in [-0.3, -0.25) is 14.5 Å². The van der Waals surface area contributed by atoms with Gasteiger partial charge in [0.15, 0.2) is 16.6 Å². The number of halogens is 2. The van der Waals surface area contributed by atoms with Gasteiger partial charge in [-0.15, -0.1) is 0 Å². The van der Waals surface area contributed by atoms with E-state index in [0.717, 1.165) is 4.70 Å². The molecule has 4 heterocycles. The van der Waals surface area contributed by atoms with E-state index in [9.17, 15) is 18.4 Å². The lowest BCUT2D eigenvalue weighted by Crippen LogP contribution is -2.52. The molecule has 1 amide bonds. The molecule has 2 atom stereocenters. The standard InChI is InChI=1S/C22H22F2N4O4S/c1-12(28-5-4-22(23,24)14(11-28)13-2-3-19(29)25-10-13)20(30)27-21-26-15-8-16-17(9-18(15)33-21)32-7-6-31-16/h2-3,8-10,12,14H,4-7,11H2,1H3,(H,25,29)(H,26,27,30)/t12-,14-/m0/s1. The Labute approximate surface area is 191 Å². The van der Waals surface area contributed by atoms with Crippen molar-refractivity contribution in [2.24, 2.45) is 0 Å². The number of carbonyl (C=O) groups is 1. The van der Waals surface area contributed by atoms with Crippen LogP contribution in [0.5, 0.6) is 11.5 Å². The van der Waals surface area contributed by atoms with Crippen molar-refractivity contribution in [2.45, 2.75) is 31.2 Å². The third-order valence-corrected chi connectivity index (χ3v) is 7.01. The van der Waals surface area contributed by atoms with Gasteiger partial charge in [-0.25, -0.2) is 13.8 Å². The Balaban J connectivity index is 1.30. The molecule has 2 aliphatic rings. The van der Waals surface area contributed by atoms with Gasteiger partial charge >= 0.3 is 0 Å². The second kappa shape index (κ2) is 8.38. The van der Waals surface area contributed by atoms with Crippen LogP contribution >= 0.6 is 11.3 Å². The molecule has 8 nitrogen and oxygen atoms in total. The molecule has 1 saturated heterocycles. The summed E-state index contributed by atoms with van der Waals surface area (Å²) in [6, 6.07) is 5.63. The number of likely N-dealkylation sites (tertiary alicyclic amines) is 1. The van der Waals surface area contributed by atoms with Gasteiger partial charge in [0.1, 0.15) is 13.2 Å². The zero-order valence-corrected chi connectivity index (χ0v) is 18.6. The number of thiazole rings is 1. The van der Waals surface area contributed by atoms with Crippen LogP contribution in [0.15, 0.2) is 35.3 Å². The van der Waals surface area contributed by atoms with Crippen LogP contribution in [0.2, 0.25) is 0 Å². The number of H-pyrrole nitrogens is 1. The van der Waals surface area contributed by atoms with Crippen LogP contribution in [0.3, 0.4) is 0 Å². The van der Waals surface area contributed by atoms with Gasteiger partial charge < -0.3 is 19.8 Å². The molecule has 0 spiro atoms. The molecule has 0 saturated carbocycles. The first-order valence-corrected chi connectivity index (χ1v) is 11.4. The Morgan fingerprint density at radius 3 is 2.79 bits per heavy atom. The zero-order chi connectivity index (χ0) is 23.2. The number of nitrogens with zero attached hydrogens (tertiary/aromatic N) is 2. The first-order chi connectivity index (χ1) is 15.8. The van der Waals surface area contributed by atoms with Crippen LogP contribution in [0.4, 0.5) is 13.9 Å². The van der Waals surface area contributed by atoms with Crippen LogP contribution in [-0.2, 0) is 4.79 Å². The fourth-order valence-corrected chi connectivity index (χ4v) is 5.04. The fourth-order valence-electron chi connectivity index (χ4n) is 4.16. The average Bonchev–Trinajstić information content (AvgIpc) is 3.18. The van der Waals surface area contributed by atoms with Crippen molar-refractivity contribution in [2.75, 3.05) is 31.6 Å². The summed E-state index contributed by atoms with van der Waals surface area (Å²) in [6.45, 7) is 2.72. The molecule has 5 rings (SSSR count). The summed E-state index contributed by atoms with van der Waals surface area (Å²) >= 11 is 1.31. The predicted octanol–water partition coefficient (Wildman–Crippen LogP) is 3.21. The Kier molecular flexibility index (Phi) is 5.53. The first-order valence-electron chi connectivity index (χ1n) is 10.6. The molecule has 1 aromatic carbocycles. The van der Waals surface area contributed by atoms with Crippen LogP contribution in [0.25, 0.3) is 10.2 Å². The highest BCUT2D eigenvalue weighted by molar-refractivity contribution is 7.22. The number of amides is 1. The number of anilines is 1. The van der Waals surface area contributed by atoms with Gasteiger partial charge in [-0.2, -0.15) is 0 Å². The summed E-state index contributed by atoms with van der Waals surface area (Å²) < 4.78 is 41.3. The number of carbonyl (C=O) groups excluding carboxylic acids is 1. The van der Waals surface area contributed by atoms with Gasteiger partial charge in [0.05, 0.1) is 22.2 Å². The highest BCUT2D eigenvalue weighted by Crippen LogP contribution is 2.41. The highest BCUT2D eigenvalue weighted by atomic mass is 32.1. The van der Waals surface area contributed by atoms with E-state index in [4.69, 9.17) is 9.47 Å². The Hall–Kier alpha value is -3.05. The molecular weight excluding hydrogens is 454 g/mol. The fraction of sp³-hybridized carbons (Fsp3) is 0.409. The number of hydrogen-bond acceptors (Lipinski definition) is 7. The van der Waals surface area contributed by atoms with Crippen molar-refractivity contribution >= 4 is 32.6 Å². The number of pyridine rings is 1. The molecule has 0 bridgehead atoms. The number of piperidine rings is 1. The van der Waals surface area contributed by atoms with Gasteiger partial charge in [-0.05, 0) is 12.5 Å². The number of aromatic amines is 1. The minimum atomic E-state index is -2.93. The molecule has 1 fully saturated rings. The van der Waals surface area contributed by atoms with E-state index in [2.05, 4.69) is 15.3 Å². The van der Waals surface area contributed by atoms with Crippen molar-refractivity contribution in [1.82, 2.24) is 14.9 Å². The summed E-state index contributed by atoms with van der Waals surface area (Å²) in [5.74, 6) is -3.11. The van der Waals surface area contributed by atoms with Crippen LogP contribution in [-0.4, -0.2) is 59.0 Å². The summed E-state index contributed by atoms with van der Waals surface area (Å²) in [4.78, 5) is 32.9. The molecule has 2 aliphatic heterocycles. The smallest absolute Gasteiger partial charge is 0.257 e. The molecule has 2 N–H and O–H groups in total. The summed E-state index contributed by atoms with van der Waals surface area (Å²) in [6.07, 6.45) is 0.949. The minimum absolute atomic E-state index is 0.00509. The molecular formula is C22H22F2N4O4S. The Bertz CT molecular complexity index is 1200. The maximum atomic E-state index is 14.6. The molecule has 0 aliphatic carbocycles. The quantitative estimate of drug-likeness (QED) is 0.600. The molecule has 0 radical (unpaired) electrons. The Morgan fingerprint density at radius 2 is 2.06 bits per heavy atom. The maximum absolute atomic E-state index is 14.6. The monoisotopic (exact) mass is 476 g/mol. The summed E-state index contributed by atoms with van der Waals surface area (Å²) in [7, 11) is 0. The van der Waals surface area contributed by atoms with E-state index >= 15 is 0 Å². The van der Waals surface area contributed by atoms with Crippen molar-refractivity contribution in [3.63, 3.8) is 0 Å². The minimum Gasteiger partial charge on any atom is -0.486 e. The first kappa shape index (κ1) is 21.8. The number of benzene rings is 1.